The molecule has 1 saturated heterocycles. The smallest absolute Gasteiger partial charge is 0.274 e. The Morgan fingerprint density at radius 3 is 2.62 bits per heavy atom. The molecule has 26 heavy (non-hydrogen) atoms. The predicted octanol–water partition coefficient (Wildman–Crippen LogP) is 2.72. The fourth-order valence-corrected chi connectivity index (χ4v) is 4.09. The van der Waals surface area contributed by atoms with Crippen molar-refractivity contribution in [2.75, 3.05) is 26.2 Å². The van der Waals surface area contributed by atoms with Crippen LogP contribution in [0.2, 0.25) is 4.34 Å². The number of halogens is 1. The number of piperazine rings is 1. The highest BCUT2D eigenvalue weighted by atomic mass is 35.5. The molecular formula is C18H23ClN4O2S. The molecule has 6 nitrogen and oxygen atoms in total. The lowest BCUT2D eigenvalue weighted by molar-refractivity contribution is 0.0621. The highest BCUT2D eigenvalue weighted by Crippen LogP contribution is 2.23. The summed E-state index contributed by atoms with van der Waals surface area (Å²) in [6.45, 7) is 6.42. The average Bonchev–Trinajstić information content (AvgIpc) is 3.06. The Bertz CT molecular complexity index is 812. The second-order valence-corrected chi connectivity index (χ2v) is 8.21. The molecule has 2 aromatic rings. The van der Waals surface area contributed by atoms with E-state index in [1.807, 2.05) is 17.0 Å². The minimum absolute atomic E-state index is 0.103. The summed E-state index contributed by atoms with van der Waals surface area (Å²) in [5.74, 6) is -0.103. The van der Waals surface area contributed by atoms with Gasteiger partial charge < -0.3 is 4.90 Å². The van der Waals surface area contributed by atoms with Gasteiger partial charge >= 0.3 is 0 Å². The molecule has 0 N–H and O–H groups in total. The maximum atomic E-state index is 12.7. The van der Waals surface area contributed by atoms with E-state index < -0.39 is 0 Å². The largest absolute Gasteiger partial charge is 0.335 e. The van der Waals surface area contributed by atoms with E-state index in [0.29, 0.717) is 25.3 Å². The number of hydrogen-bond donors (Lipinski definition) is 0. The van der Waals surface area contributed by atoms with Crippen molar-refractivity contribution in [1.82, 2.24) is 19.6 Å². The van der Waals surface area contributed by atoms with Crippen molar-refractivity contribution in [2.24, 2.45) is 0 Å². The van der Waals surface area contributed by atoms with Crippen LogP contribution >= 0.6 is 22.9 Å². The van der Waals surface area contributed by atoms with E-state index >= 15 is 0 Å². The summed E-state index contributed by atoms with van der Waals surface area (Å²) in [5.41, 5.74) is 0.189. The molecule has 0 spiro atoms. The molecule has 0 saturated carbocycles. The average molecular weight is 395 g/mol. The lowest BCUT2D eigenvalue weighted by Gasteiger charge is -2.34. The van der Waals surface area contributed by atoms with Crippen LogP contribution in [0.5, 0.6) is 0 Å². The molecule has 0 unspecified atom stereocenters. The maximum absolute atomic E-state index is 12.7. The Morgan fingerprint density at radius 1 is 1.19 bits per heavy atom. The van der Waals surface area contributed by atoms with E-state index in [-0.39, 0.29) is 11.5 Å². The van der Waals surface area contributed by atoms with E-state index in [4.69, 9.17) is 11.6 Å². The summed E-state index contributed by atoms with van der Waals surface area (Å²) < 4.78 is 2.20. The zero-order valence-electron chi connectivity index (χ0n) is 14.9. The summed E-state index contributed by atoms with van der Waals surface area (Å²) in [7, 11) is 0. The minimum atomic E-state index is -0.158. The van der Waals surface area contributed by atoms with Crippen LogP contribution in [-0.4, -0.2) is 51.7 Å². The van der Waals surface area contributed by atoms with Gasteiger partial charge in [-0.25, -0.2) is 4.68 Å². The summed E-state index contributed by atoms with van der Waals surface area (Å²) in [6.07, 6.45) is 1.85. The first-order valence-electron chi connectivity index (χ1n) is 8.91. The van der Waals surface area contributed by atoms with Gasteiger partial charge in [-0.2, -0.15) is 5.10 Å². The third kappa shape index (κ3) is 4.72. The van der Waals surface area contributed by atoms with Gasteiger partial charge in [0.15, 0.2) is 0 Å². The number of rotatable bonds is 6. The number of aryl methyl sites for hydroxylation is 1. The molecule has 3 rings (SSSR count). The van der Waals surface area contributed by atoms with Crippen LogP contribution in [0.25, 0.3) is 0 Å². The van der Waals surface area contributed by atoms with Crippen LogP contribution < -0.4 is 5.56 Å². The molecule has 1 aliphatic rings. The molecule has 2 aromatic heterocycles. The van der Waals surface area contributed by atoms with Gasteiger partial charge in [-0.1, -0.05) is 24.9 Å². The second kappa shape index (κ2) is 8.79. The van der Waals surface area contributed by atoms with Crippen LogP contribution in [0.1, 0.15) is 35.1 Å². The topological polar surface area (TPSA) is 58.4 Å². The van der Waals surface area contributed by atoms with Crippen molar-refractivity contribution in [1.29, 1.82) is 0 Å². The molecule has 0 aliphatic carbocycles. The van der Waals surface area contributed by atoms with Gasteiger partial charge in [-0.15, -0.1) is 11.3 Å². The normalized spacial score (nSPS) is 15.4. The van der Waals surface area contributed by atoms with Crippen LogP contribution in [0.3, 0.4) is 0 Å². The molecule has 1 aliphatic heterocycles. The van der Waals surface area contributed by atoms with Crippen molar-refractivity contribution < 1.29 is 4.79 Å². The fourth-order valence-electron chi connectivity index (χ4n) is 2.96. The molecule has 1 amide bonds. The molecule has 3 heterocycles. The van der Waals surface area contributed by atoms with Gasteiger partial charge in [-0.3, -0.25) is 14.5 Å². The van der Waals surface area contributed by atoms with Crippen LogP contribution in [-0.2, 0) is 13.1 Å². The van der Waals surface area contributed by atoms with Crippen LogP contribution in [0.4, 0.5) is 0 Å². The summed E-state index contributed by atoms with van der Waals surface area (Å²) in [6, 6.07) is 6.94. The fraction of sp³-hybridized carbons (Fsp3) is 0.500. The van der Waals surface area contributed by atoms with Gasteiger partial charge in [0.2, 0.25) is 0 Å². The lowest BCUT2D eigenvalue weighted by atomic mass is 10.2. The number of amides is 1. The number of unbranched alkanes of at least 4 members (excludes halogenated alkanes) is 1. The van der Waals surface area contributed by atoms with Crippen LogP contribution in [0.15, 0.2) is 29.1 Å². The molecule has 8 heteroatoms. The number of carbonyl (C=O) groups is 1. The Kier molecular flexibility index (Phi) is 6.45. The lowest BCUT2D eigenvalue weighted by Crippen LogP contribution is -2.48. The Balaban J connectivity index is 1.58. The first-order chi connectivity index (χ1) is 12.6. The molecule has 1 fully saturated rings. The van der Waals surface area contributed by atoms with E-state index in [0.717, 1.165) is 36.8 Å². The number of nitrogens with zero attached hydrogens (tertiary/aromatic N) is 4. The molecule has 140 valence electrons. The Hall–Kier alpha value is -1.70. The monoisotopic (exact) mass is 394 g/mol. The quantitative estimate of drug-likeness (QED) is 0.755. The van der Waals surface area contributed by atoms with E-state index in [9.17, 15) is 9.59 Å². The molecular weight excluding hydrogens is 372 g/mol. The molecule has 0 aromatic carbocycles. The van der Waals surface area contributed by atoms with E-state index in [1.54, 1.807) is 11.3 Å². The summed E-state index contributed by atoms with van der Waals surface area (Å²) >= 11 is 7.58. The first kappa shape index (κ1) is 19.1. The minimum Gasteiger partial charge on any atom is -0.335 e. The van der Waals surface area contributed by atoms with Crippen molar-refractivity contribution in [3.05, 3.63) is 49.5 Å². The van der Waals surface area contributed by atoms with E-state index in [2.05, 4.69) is 16.9 Å². The maximum Gasteiger partial charge on any atom is 0.274 e. The summed E-state index contributed by atoms with van der Waals surface area (Å²) in [4.78, 5) is 29.9. The van der Waals surface area contributed by atoms with Crippen molar-refractivity contribution in [3.63, 3.8) is 0 Å². The van der Waals surface area contributed by atoms with Crippen molar-refractivity contribution >= 4 is 28.8 Å². The SMILES string of the molecule is CCCCn1nc(C(=O)N2CCN(Cc3ccc(Cl)s3)CC2)ccc1=O. The number of thiophene rings is 1. The zero-order valence-corrected chi connectivity index (χ0v) is 16.4. The first-order valence-corrected chi connectivity index (χ1v) is 10.1. The number of carbonyl (C=O) groups excluding carboxylic acids is 1. The van der Waals surface area contributed by atoms with Crippen molar-refractivity contribution in [2.45, 2.75) is 32.9 Å². The Labute approximate surface area is 162 Å². The highest BCUT2D eigenvalue weighted by molar-refractivity contribution is 7.16. The zero-order chi connectivity index (χ0) is 18.5. The van der Waals surface area contributed by atoms with Gasteiger partial charge in [0.25, 0.3) is 11.5 Å². The third-order valence-corrected chi connectivity index (χ3v) is 5.69. The molecule has 0 radical (unpaired) electrons. The van der Waals surface area contributed by atoms with Crippen LogP contribution in [0, 0.1) is 0 Å². The van der Waals surface area contributed by atoms with Gasteiger partial charge in [-0.05, 0) is 24.6 Å². The predicted molar refractivity (Wildman–Crippen MR) is 104 cm³/mol. The second-order valence-electron chi connectivity index (χ2n) is 6.41. The molecule has 0 bridgehead atoms. The highest BCUT2D eigenvalue weighted by Gasteiger charge is 2.23. The van der Waals surface area contributed by atoms with Crippen molar-refractivity contribution in [3.8, 4) is 0 Å². The standard InChI is InChI=1S/C18H23ClN4O2S/c1-2-3-8-23-17(24)7-5-15(20-23)18(25)22-11-9-21(10-12-22)13-14-4-6-16(19)26-14/h4-7H,2-3,8-13H2,1H3. The number of hydrogen-bond acceptors (Lipinski definition) is 5. The van der Waals surface area contributed by atoms with E-state index in [1.165, 1.54) is 21.7 Å². The number of aromatic nitrogens is 2. The third-order valence-electron chi connectivity index (χ3n) is 4.48. The van der Waals surface area contributed by atoms with Gasteiger partial charge in [0, 0.05) is 50.2 Å². The summed E-state index contributed by atoms with van der Waals surface area (Å²) in [5, 5.41) is 4.26. The van der Waals surface area contributed by atoms with Gasteiger partial charge in [0.1, 0.15) is 5.69 Å². The Morgan fingerprint density at radius 2 is 1.96 bits per heavy atom. The van der Waals surface area contributed by atoms with Gasteiger partial charge in [0.05, 0.1) is 4.34 Å². The molecule has 0 atom stereocenters.